The summed E-state index contributed by atoms with van der Waals surface area (Å²) in [6.45, 7) is 3.14. The Bertz CT molecular complexity index is 288. The molecule has 0 spiro atoms. The number of nitrogens with zero attached hydrogens (tertiary/aromatic N) is 1. The monoisotopic (exact) mass is 304 g/mol. The highest BCUT2D eigenvalue weighted by Gasteiger charge is 2.32. The highest BCUT2D eigenvalue weighted by molar-refractivity contribution is 7.99. The highest BCUT2D eigenvalue weighted by atomic mass is 35.5. The van der Waals surface area contributed by atoms with Crippen LogP contribution in [0.3, 0.4) is 0 Å². The molecule has 1 heterocycles. The predicted molar refractivity (Wildman–Crippen MR) is 83.0 cm³/mol. The van der Waals surface area contributed by atoms with Crippen LogP contribution in [0, 0.1) is 11.8 Å². The molecule has 1 unspecified atom stereocenters. The van der Waals surface area contributed by atoms with Gasteiger partial charge in [-0.15, -0.1) is 12.4 Å². The van der Waals surface area contributed by atoms with Crippen molar-refractivity contribution in [2.24, 2.45) is 11.8 Å². The van der Waals surface area contributed by atoms with Crippen LogP contribution in [0.25, 0.3) is 0 Å². The fraction of sp³-hybridized carbons (Fsp3) is 0.929. The summed E-state index contributed by atoms with van der Waals surface area (Å²) in [6.07, 6.45) is 6.07. The summed E-state index contributed by atoms with van der Waals surface area (Å²) >= 11 is 1.98. The third-order valence-corrected chi connectivity index (χ3v) is 5.25. The van der Waals surface area contributed by atoms with Gasteiger partial charge in [-0.25, -0.2) is 0 Å². The summed E-state index contributed by atoms with van der Waals surface area (Å²) in [6, 6.07) is 0.414. The topological polar surface area (TPSA) is 32.3 Å². The Morgan fingerprint density at radius 2 is 1.79 bits per heavy atom. The Hall–Kier alpha value is 0.0700. The van der Waals surface area contributed by atoms with Crippen molar-refractivity contribution in [3.05, 3.63) is 0 Å². The van der Waals surface area contributed by atoms with Gasteiger partial charge < -0.3 is 10.2 Å². The van der Waals surface area contributed by atoms with Crippen molar-refractivity contribution in [1.82, 2.24) is 10.2 Å². The van der Waals surface area contributed by atoms with Crippen molar-refractivity contribution >= 4 is 30.1 Å². The van der Waals surface area contributed by atoms with Crippen LogP contribution in [0.2, 0.25) is 0 Å². The number of amides is 1. The van der Waals surface area contributed by atoms with Gasteiger partial charge in [-0.05, 0) is 37.5 Å². The van der Waals surface area contributed by atoms with Gasteiger partial charge in [0, 0.05) is 43.6 Å². The van der Waals surface area contributed by atoms with Crippen LogP contribution in [0.1, 0.15) is 32.1 Å². The number of nitrogens with one attached hydrogen (secondary N) is 1. The maximum absolute atomic E-state index is 12.4. The second-order valence-corrected chi connectivity index (χ2v) is 7.27. The van der Waals surface area contributed by atoms with E-state index in [0.29, 0.717) is 18.4 Å². The first-order valence-electron chi connectivity index (χ1n) is 7.40. The Morgan fingerprint density at radius 3 is 2.26 bits per heavy atom. The van der Waals surface area contributed by atoms with E-state index in [1.54, 1.807) is 0 Å². The smallest absolute Gasteiger partial charge is 0.224 e. The van der Waals surface area contributed by atoms with E-state index < -0.39 is 0 Å². The lowest BCUT2D eigenvalue weighted by atomic mass is 10.2. The first-order valence-corrected chi connectivity index (χ1v) is 8.55. The van der Waals surface area contributed by atoms with Gasteiger partial charge in [-0.1, -0.05) is 0 Å². The molecule has 1 atom stereocenters. The lowest BCUT2D eigenvalue weighted by Crippen LogP contribution is -2.43. The number of carbonyl (C=O) groups excluding carboxylic acids is 1. The molecule has 3 nitrogen and oxygen atoms in total. The zero-order valence-corrected chi connectivity index (χ0v) is 13.1. The molecule has 1 N–H and O–H groups in total. The zero-order valence-electron chi connectivity index (χ0n) is 11.5. The molecule has 3 fully saturated rings. The number of halogens is 1. The molecule has 1 aliphatic heterocycles. The minimum Gasteiger partial charge on any atom is -0.342 e. The quantitative estimate of drug-likeness (QED) is 0.816. The van der Waals surface area contributed by atoms with E-state index in [4.69, 9.17) is 0 Å². The minimum atomic E-state index is 0. The zero-order chi connectivity index (χ0) is 12.4. The van der Waals surface area contributed by atoms with Crippen LogP contribution in [0.15, 0.2) is 0 Å². The predicted octanol–water partition coefficient (Wildman–Crippen LogP) is 2.15. The average Bonchev–Trinajstić information content (AvgIpc) is 3.24. The molecule has 0 aromatic rings. The summed E-state index contributed by atoms with van der Waals surface area (Å²) in [5, 5.41) is 3.47. The van der Waals surface area contributed by atoms with Gasteiger partial charge in [0.1, 0.15) is 0 Å². The third kappa shape index (κ3) is 5.16. The molecule has 0 bridgehead atoms. The van der Waals surface area contributed by atoms with Crippen molar-refractivity contribution in [2.75, 3.05) is 31.1 Å². The highest BCUT2D eigenvalue weighted by Crippen LogP contribution is 2.34. The van der Waals surface area contributed by atoms with Gasteiger partial charge in [0.15, 0.2) is 0 Å². The first-order chi connectivity index (χ1) is 8.81. The Balaban J connectivity index is 0.00000133. The Kier molecular flexibility index (Phi) is 5.85. The van der Waals surface area contributed by atoms with Gasteiger partial charge >= 0.3 is 0 Å². The van der Waals surface area contributed by atoms with Crippen LogP contribution in [0.4, 0.5) is 0 Å². The second kappa shape index (κ2) is 7.19. The molecule has 0 radical (unpaired) electrons. The van der Waals surface area contributed by atoms with Crippen LogP contribution in [-0.2, 0) is 4.79 Å². The molecule has 0 aromatic carbocycles. The Morgan fingerprint density at radius 1 is 1.16 bits per heavy atom. The first kappa shape index (κ1) is 15.5. The SMILES string of the molecule is Cl.O=C(CC1CSCCN1)N(CC1CC1)CC1CC1. The van der Waals surface area contributed by atoms with Crippen molar-refractivity contribution in [3.8, 4) is 0 Å². The molecule has 5 heteroatoms. The number of hydrogen-bond donors (Lipinski definition) is 1. The van der Waals surface area contributed by atoms with E-state index in [0.717, 1.165) is 37.2 Å². The fourth-order valence-electron chi connectivity index (χ4n) is 2.59. The van der Waals surface area contributed by atoms with E-state index in [1.807, 2.05) is 11.8 Å². The third-order valence-electron chi connectivity index (χ3n) is 4.12. The van der Waals surface area contributed by atoms with Crippen LogP contribution in [-0.4, -0.2) is 48.0 Å². The summed E-state index contributed by atoms with van der Waals surface area (Å²) in [7, 11) is 0. The van der Waals surface area contributed by atoms with Gasteiger partial charge in [0.2, 0.25) is 5.91 Å². The average molecular weight is 305 g/mol. The molecular formula is C14H25ClN2OS. The van der Waals surface area contributed by atoms with Gasteiger partial charge in [-0.2, -0.15) is 11.8 Å². The fourth-order valence-corrected chi connectivity index (χ4v) is 3.54. The Labute approximate surface area is 126 Å². The molecule has 3 rings (SSSR count). The van der Waals surface area contributed by atoms with E-state index >= 15 is 0 Å². The molecule has 3 aliphatic rings. The number of thioether (sulfide) groups is 1. The maximum atomic E-state index is 12.4. The molecule has 110 valence electrons. The summed E-state index contributed by atoms with van der Waals surface area (Å²) in [5.74, 6) is 4.34. The lowest BCUT2D eigenvalue weighted by Gasteiger charge is -2.27. The van der Waals surface area contributed by atoms with Gasteiger partial charge in [-0.3, -0.25) is 4.79 Å². The van der Waals surface area contributed by atoms with Crippen molar-refractivity contribution in [1.29, 1.82) is 0 Å². The summed E-state index contributed by atoms with van der Waals surface area (Å²) in [4.78, 5) is 14.6. The molecule has 2 aliphatic carbocycles. The lowest BCUT2D eigenvalue weighted by molar-refractivity contribution is -0.132. The van der Waals surface area contributed by atoms with Crippen molar-refractivity contribution < 1.29 is 4.79 Å². The molecule has 0 aromatic heterocycles. The number of hydrogen-bond acceptors (Lipinski definition) is 3. The van der Waals surface area contributed by atoms with Crippen LogP contribution in [0.5, 0.6) is 0 Å². The van der Waals surface area contributed by atoms with Crippen LogP contribution >= 0.6 is 24.2 Å². The van der Waals surface area contributed by atoms with E-state index in [9.17, 15) is 4.79 Å². The summed E-state index contributed by atoms with van der Waals surface area (Å²) in [5.41, 5.74) is 0. The van der Waals surface area contributed by atoms with E-state index in [-0.39, 0.29) is 12.4 Å². The second-order valence-electron chi connectivity index (χ2n) is 6.12. The van der Waals surface area contributed by atoms with Gasteiger partial charge in [0.25, 0.3) is 0 Å². The van der Waals surface area contributed by atoms with Crippen molar-refractivity contribution in [3.63, 3.8) is 0 Å². The standard InChI is InChI=1S/C14H24N2OS.ClH/c17-14(7-13-10-18-6-5-15-13)16(8-11-1-2-11)9-12-3-4-12;/h11-13,15H,1-10H2;1H. The minimum absolute atomic E-state index is 0. The van der Waals surface area contributed by atoms with E-state index in [2.05, 4.69) is 10.2 Å². The molecule has 1 amide bonds. The number of rotatable bonds is 6. The maximum Gasteiger partial charge on any atom is 0.224 e. The summed E-state index contributed by atoms with van der Waals surface area (Å²) < 4.78 is 0. The largest absolute Gasteiger partial charge is 0.342 e. The number of carbonyl (C=O) groups is 1. The van der Waals surface area contributed by atoms with Gasteiger partial charge in [0.05, 0.1) is 0 Å². The molecule has 1 saturated heterocycles. The molecule has 2 saturated carbocycles. The van der Waals surface area contributed by atoms with Crippen molar-refractivity contribution in [2.45, 2.75) is 38.1 Å². The van der Waals surface area contributed by atoms with Crippen LogP contribution < -0.4 is 5.32 Å². The van der Waals surface area contributed by atoms with E-state index in [1.165, 1.54) is 31.4 Å². The normalized spacial score (nSPS) is 26.6. The molecular weight excluding hydrogens is 280 g/mol. The molecule has 19 heavy (non-hydrogen) atoms.